The molecule has 3 aromatic rings. The maximum atomic E-state index is 13.1. The van der Waals surface area contributed by atoms with Crippen molar-refractivity contribution < 1.29 is 19.4 Å². The normalized spacial score (nSPS) is 19.7. The summed E-state index contributed by atoms with van der Waals surface area (Å²) in [7, 11) is 0. The molecule has 4 heterocycles. The number of pyridine rings is 2. The van der Waals surface area contributed by atoms with Crippen LogP contribution in [0.1, 0.15) is 40.4 Å². The zero-order valence-electron chi connectivity index (χ0n) is 15.1. The Morgan fingerprint density at radius 1 is 1.29 bits per heavy atom. The van der Waals surface area contributed by atoms with Gasteiger partial charge in [-0.3, -0.25) is 9.59 Å². The standard InChI is InChI=1S/C21H16N2O5/c1-2-21(27)15-7-17-18-12(8-23(17)19(25)14(15)10-28-20(21)26)13(9-24)11-5-3-4-6-16(11)22-18/h3-7,9,27H,2,8,10H2,1H3. The molecule has 0 radical (unpaired) electrons. The molecule has 1 unspecified atom stereocenters. The fourth-order valence-electron chi connectivity index (χ4n) is 4.19. The van der Waals surface area contributed by atoms with Crippen molar-refractivity contribution in [1.29, 1.82) is 0 Å². The van der Waals surface area contributed by atoms with E-state index in [1.807, 2.05) is 24.3 Å². The number of fused-ring (bicyclic) bond motifs is 5. The number of carbonyl (C=O) groups excluding carboxylic acids is 2. The van der Waals surface area contributed by atoms with Gasteiger partial charge >= 0.3 is 5.97 Å². The minimum Gasteiger partial charge on any atom is -0.458 e. The smallest absolute Gasteiger partial charge is 0.343 e. The van der Waals surface area contributed by atoms with Crippen LogP contribution in [0.5, 0.6) is 0 Å². The van der Waals surface area contributed by atoms with E-state index in [4.69, 9.17) is 4.74 Å². The fraction of sp³-hybridized carbons (Fsp3) is 0.238. The second-order valence-electron chi connectivity index (χ2n) is 7.09. The molecule has 7 heteroatoms. The lowest BCUT2D eigenvalue weighted by Crippen LogP contribution is -2.44. The van der Waals surface area contributed by atoms with Crippen molar-refractivity contribution in [3.05, 3.63) is 62.9 Å². The van der Waals surface area contributed by atoms with E-state index in [1.165, 1.54) is 4.57 Å². The van der Waals surface area contributed by atoms with Gasteiger partial charge in [0.15, 0.2) is 11.9 Å². The predicted molar refractivity (Wildman–Crippen MR) is 99.9 cm³/mol. The Balaban J connectivity index is 1.86. The molecule has 0 amide bonds. The average molecular weight is 376 g/mol. The Morgan fingerprint density at radius 2 is 2.07 bits per heavy atom. The van der Waals surface area contributed by atoms with Crippen LogP contribution in [-0.2, 0) is 28.3 Å². The summed E-state index contributed by atoms with van der Waals surface area (Å²) < 4.78 is 6.59. The van der Waals surface area contributed by atoms with Gasteiger partial charge in [0.2, 0.25) is 0 Å². The number of rotatable bonds is 2. The zero-order valence-corrected chi connectivity index (χ0v) is 15.1. The lowest BCUT2D eigenvalue weighted by atomic mass is 9.86. The highest BCUT2D eigenvalue weighted by atomic mass is 16.6. The van der Waals surface area contributed by atoms with E-state index in [0.717, 1.165) is 11.7 Å². The highest BCUT2D eigenvalue weighted by molar-refractivity contribution is 6.00. The van der Waals surface area contributed by atoms with Crippen LogP contribution < -0.4 is 5.56 Å². The lowest BCUT2D eigenvalue weighted by Gasteiger charge is -2.31. The van der Waals surface area contributed by atoms with Crippen molar-refractivity contribution in [2.75, 3.05) is 0 Å². The number of benzene rings is 1. The maximum absolute atomic E-state index is 13.1. The Labute approximate surface area is 159 Å². The number of aliphatic hydroxyl groups is 1. The van der Waals surface area contributed by atoms with Crippen molar-refractivity contribution in [2.45, 2.75) is 32.1 Å². The van der Waals surface area contributed by atoms with Crippen molar-refractivity contribution >= 4 is 23.2 Å². The van der Waals surface area contributed by atoms with Gasteiger partial charge in [0, 0.05) is 22.1 Å². The van der Waals surface area contributed by atoms with Gasteiger partial charge < -0.3 is 14.4 Å². The Kier molecular flexibility index (Phi) is 3.36. The number of hydrogen-bond donors (Lipinski definition) is 1. The molecule has 2 aromatic heterocycles. The molecule has 5 rings (SSSR count). The number of ether oxygens (including phenoxy) is 1. The molecular formula is C21H16N2O5. The number of nitrogens with zero attached hydrogens (tertiary/aromatic N) is 2. The Hall–Kier alpha value is -3.32. The first-order valence-corrected chi connectivity index (χ1v) is 9.03. The molecule has 1 N–H and O–H groups in total. The number of aromatic nitrogens is 2. The number of aldehydes is 1. The molecule has 0 saturated carbocycles. The third kappa shape index (κ3) is 1.96. The van der Waals surface area contributed by atoms with Gasteiger partial charge in [0.05, 0.1) is 29.0 Å². The first-order valence-electron chi connectivity index (χ1n) is 9.03. The first kappa shape index (κ1) is 16.8. The molecular weight excluding hydrogens is 360 g/mol. The van der Waals surface area contributed by atoms with Gasteiger partial charge in [-0.15, -0.1) is 0 Å². The van der Waals surface area contributed by atoms with Crippen LogP contribution in [0, 0.1) is 0 Å². The van der Waals surface area contributed by atoms with Crippen LogP contribution in [0.4, 0.5) is 0 Å². The fourth-order valence-corrected chi connectivity index (χ4v) is 4.19. The van der Waals surface area contributed by atoms with Crippen LogP contribution in [0.25, 0.3) is 22.3 Å². The van der Waals surface area contributed by atoms with Crippen LogP contribution >= 0.6 is 0 Å². The summed E-state index contributed by atoms with van der Waals surface area (Å²) >= 11 is 0. The number of esters is 1. The van der Waals surface area contributed by atoms with E-state index < -0.39 is 11.6 Å². The molecule has 0 aliphatic carbocycles. The summed E-state index contributed by atoms with van der Waals surface area (Å²) in [5, 5.41) is 11.6. The van der Waals surface area contributed by atoms with Gasteiger partial charge in [0.25, 0.3) is 5.56 Å². The second-order valence-corrected chi connectivity index (χ2v) is 7.09. The van der Waals surface area contributed by atoms with E-state index in [9.17, 15) is 19.5 Å². The summed E-state index contributed by atoms with van der Waals surface area (Å²) in [6.07, 6.45) is 0.869. The van der Waals surface area contributed by atoms with E-state index in [0.29, 0.717) is 28.0 Å². The number of para-hydroxylation sites is 1. The molecule has 1 aromatic carbocycles. The highest BCUT2D eigenvalue weighted by Crippen LogP contribution is 2.39. The van der Waals surface area contributed by atoms with Gasteiger partial charge in [-0.05, 0) is 18.6 Å². The van der Waals surface area contributed by atoms with E-state index in [-0.39, 0.29) is 36.3 Å². The molecule has 28 heavy (non-hydrogen) atoms. The summed E-state index contributed by atoms with van der Waals surface area (Å²) in [6.45, 7) is 1.69. The van der Waals surface area contributed by atoms with Crippen molar-refractivity contribution in [3.8, 4) is 11.4 Å². The van der Waals surface area contributed by atoms with Crippen LogP contribution in [0.3, 0.4) is 0 Å². The van der Waals surface area contributed by atoms with Crippen molar-refractivity contribution in [1.82, 2.24) is 9.55 Å². The zero-order chi connectivity index (χ0) is 19.6. The largest absolute Gasteiger partial charge is 0.458 e. The molecule has 0 spiro atoms. The quantitative estimate of drug-likeness (QED) is 0.424. The molecule has 0 fully saturated rings. The summed E-state index contributed by atoms with van der Waals surface area (Å²) in [5.41, 5.74) is 1.15. The predicted octanol–water partition coefficient (Wildman–Crippen LogP) is 1.89. The van der Waals surface area contributed by atoms with Gasteiger partial charge in [0.1, 0.15) is 6.61 Å². The van der Waals surface area contributed by atoms with Crippen LogP contribution in [0.2, 0.25) is 0 Å². The van der Waals surface area contributed by atoms with Gasteiger partial charge in [-0.1, -0.05) is 25.1 Å². The molecule has 7 nitrogen and oxygen atoms in total. The first-order chi connectivity index (χ1) is 13.5. The third-order valence-electron chi connectivity index (χ3n) is 5.76. The summed E-state index contributed by atoms with van der Waals surface area (Å²) in [4.78, 5) is 41.8. The monoisotopic (exact) mass is 376 g/mol. The maximum Gasteiger partial charge on any atom is 0.343 e. The van der Waals surface area contributed by atoms with Crippen molar-refractivity contribution in [3.63, 3.8) is 0 Å². The number of cyclic esters (lactones) is 1. The molecule has 1 atom stereocenters. The Morgan fingerprint density at radius 3 is 2.82 bits per heavy atom. The minimum absolute atomic E-state index is 0.0827. The molecule has 0 bridgehead atoms. The third-order valence-corrected chi connectivity index (χ3v) is 5.76. The average Bonchev–Trinajstić information content (AvgIpc) is 3.08. The molecule has 2 aliphatic heterocycles. The molecule has 140 valence electrons. The summed E-state index contributed by atoms with van der Waals surface area (Å²) in [6, 6.07) is 8.94. The number of carbonyl (C=O) groups is 2. The minimum atomic E-state index is -1.87. The van der Waals surface area contributed by atoms with Crippen LogP contribution in [0.15, 0.2) is 35.1 Å². The van der Waals surface area contributed by atoms with Gasteiger partial charge in [-0.2, -0.15) is 0 Å². The van der Waals surface area contributed by atoms with E-state index in [2.05, 4.69) is 4.98 Å². The van der Waals surface area contributed by atoms with Gasteiger partial charge in [-0.25, -0.2) is 9.78 Å². The van der Waals surface area contributed by atoms with Crippen LogP contribution in [-0.4, -0.2) is 26.9 Å². The SMILES string of the molecule is CCC1(O)C(=O)OCc2c1cc1n(c2=O)Cc2c-1nc1ccccc1c2C=O. The van der Waals surface area contributed by atoms with E-state index >= 15 is 0 Å². The summed E-state index contributed by atoms with van der Waals surface area (Å²) in [5.74, 6) is -0.759. The lowest BCUT2D eigenvalue weighted by molar-refractivity contribution is -0.172. The molecule has 2 aliphatic rings. The number of hydrogen-bond acceptors (Lipinski definition) is 6. The van der Waals surface area contributed by atoms with E-state index in [1.54, 1.807) is 13.0 Å². The molecule has 0 saturated heterocycles. The highest BCUT2D eigenvalue weighted by Gasteiger charge is 2.45. The Bertz CT molecular complexity index is 1260. The second kappa shape index (κ2) is 5.59. The van der Waals surface area contributed by atoms with Crippen molar-refractivity contribution in [2.24, 2.45) is 0 Å². The topological polar surface area (TPSA) is 98.5 Å².